The highest BCUT2D eigenvalue weighted by molar-refractivity contribution is 5.72. The molecule has 0 heterocycles. The summed E-state index contributed by atoms with van der Waals surface area (Å²) in [4.78, 5) is 10.7. The molecule has 0 fully saturated rings. The van der Waals surface area contributed by atoms with Crippen LogP contribution in [0.2, 0.25) is 0 Å². The summed E-state index contributed by atoms with van der Waals surface area (Å²) in [5.74, 6) is 0.944. The van der Waals surface area contributed by atoms with Crippen molar-refractivity contribution < 1.29 is 23.4 Å². The molecule has 0 aliphatic heterocycles. The van der Waals surface area contributed by atoms with E-state index in [2.05, 4.69) is 16.6 Å². The van der Waals surface area contributed by atoms with Crippen molar-refractivity contribution in [1.82, 2.24) is 0 Å². The van der Waals surface area contributed by atoms with Crippen molar-refractivity contribution >= 4 is 5.97 Å². The average molecular weight is 226 g/mol. The van der Waals surface area contributed by atoms with Crippen LogP contribution in [-0.4, -0.2) is 18.2 Å². The molecule has 0 saturated heterocycles. The van der Waals surface area contributed by atoms with E-state index in [1.54, 1.807) is 0 Å². The summed E-state index contributed by atoms with van der Waals surface area (Å²) >= 11 is 0. The summed E-state index contributed by atoms with van der Waals surface area (Å²) < 4.78 is 29.8. The van der Waals surface area contributed by atoms with Gasteiger partial charge in [0.15, 0.2) is 17.4 Å². The van der Waals surface area contributed by atoms with Crippen molar-refractivity contribution in [2.24, 2.45) is 0 Å². The fourth-order valence-electron chi connectivity index (χ4n) is 0.937. The molecule has 0 aliphatic rings. The van der Waals surface area contributed by atoms with Crippen LogP contribution in [0.4, 0.5) is 8.78 Å². The second-order valence-electron chi connectivity index (χ2n) is 2.85. The van der Waals surface area contributed by atoms with E-state index in [1.165, 1.54) is 7.11 Å². The van der Waals surface area contributed by atoms with Gasteiger partial charge in [-0.3, -0.25) is 4.79 Å². The van der Waals surface area contributed by atoms with Gasteiger partial charge in [-0.05, 0) is 12.1 Å². The molecule has 16 heavy (non-hydrogen) atoms. The van der Waals surface area contributed by atoms with Crippen LogP contribution < -0.4 is 0 Å². The molecule has 0 amide bonds. The number of hydrogen-bond acceptors (Lipinski definition) is 3. The van der Waals surface area contributed by atoms with Crippen molar-refractivity contribution in [2.45, 2.75) is 6.42 Å². The minimum atomic E-state index is -1.32. The van der Waals surface area contributed by atoms with E-state index >= 15 is 0 Å². The maximum atomic E-state index is 12.8. The van der Waals surface area contributed by atoms with Crippen molar-refractivity contribution in [3.05, 3.63) is 29.3 Å². The van der Waals surface area contributed by atoms with Gasteiger partial charge in [0.1, 0.15) is 6.42 Å². The molecule has 0 spiro atoms. The highest BCUT2D eigenvalue weighted by Gasteiger charge is 2.08. The number of carbonyl (C=O) groups excluding carboxylic acids is 1. The van der Waals surface area contributed by atoms with Crippen molar-refractivity contribution in [1.29, 1.82) is 0 Å². The highest BCUT2D eigenvalue weighted by atomic mass is 19.2. The second-order valence-corrected chi connectivity index (χ2v) is 2.85. The Morgan fingerprint density at radius 3 is 2.75 bits per heavy atom. The third-order valence-corrected chi connectivity index (χ3v) is 1.70. The summed E-state index contributed by atoms with van der Waals surface area (Å²) in [6.45, 7) is 0. The topological polar surface area (TPSA) is 46.5 Å². The molecule has 0 bridgehead atoms. The molecule has 3 nitrogen and oxygen atoms in total. The fraction of sp³-hybridized carbons (Fsp3) is 0.182. The average Bonchev–Trinajstić information content (AvgIpc) is 2.25. The van der Waals surface area contributed by atoms with E-state index in [1.807, 2.05) is 0 Å². The molecule has 1 N–H and O–H groups in total. The molecule has 1 rings (SSSR count). The van der Waals surface area contributed by atoms with Gasteiger partial charge in [0.2, 0.25) is 0 Å². The van der Waals surface area contributed by atoms with E-state index in [0.717, 1.165) is 12.1 Å². The third kappa shape index (κ3) is 2.95. The Morgan fingerprint density at radius 1 is 1.50 bits per heavy atom. The number of esters is 1. The maximum absolute atomic E-state index is 12.8. The number of aromatic hydroxyl groups is 1. The number of halogens is 2. The zero-order valence-corrected chi connectivity index (χ0v) is 8.38. The number of rotatable bonds is 1. The lowest BCUT2D eigenvalue weighted by Crippen LogP contribution is -1.97. The summed E-state index contributed by atoms with van der Waals surface area (Å²) in [6.07, 6.45) is -0.156. The zero-order valence-electron chi connectivity index (χ0n) is 8.38. The van der Waals surface area contributed by atoms with E-state index < -0.39 is 23.4 Å². The monoisotopic (exact) mass is 226 g/mol. The number of benzene rings is 1. The summed E-state index contributed by atoms with van der Waals surface area (Å²) in [5.41, 5.74) is 0.0836. The van der Waals surface area contributed by atoms with Gasteiger partial charge >= 0.3 is 5.97 Å². The molecule has 1 aromatic carbocycles. The smallest absolute Gasteiger partial charge is 0.317 e. The van der Waals surface area contributed by atoms with Gasteiger partial charge in [0.05, 0.1) is 7.11 Å². The van der Waals surface area contributed by atoms with Crippen LogP contribution in [0, 0.1) is 23.5 Å². The molecule has 0 radical (unpaired) electrons. The molecule has 0 atom stereocenters. The van der Waals surface area contributed by atoms with Crippen LogP contribution in [0.15, 0.2) is 12.1 Å². The first-order chi connectivity index (χ1) is 7.54. The SMILES string of the molecule is COC(=O)CC#Cc1cc(O)c(F)c(F)c1. The number of ether oxygens (including phenoxy) is 1. The maximum Gasteiger partial charge on any atom is 0.317 e. The standard InChI is InChI=1S/C11H8F2O3/c1-16-10(15)4-2-3-7-5-8(12)11(13)9(14)6-7/h5-6,14H,4H2,1H3. The van der Waals surface area contributed by atoms with Gasteiger partial charge in [-0.25, -0.2) is 4.39 Å². The number of phenols is 1. The number of hydrogen-bond donors (Lipinski definition) is 1. The van der Waals surface area contributed by atoms with Gasteiger partial charge in [-0.2, -0.15) is 4.39 Å². The number of methoxy groups -OCH3 is 1. The molecule has 0 unspecified atom stereocenters. The molecular formula is C11H8F2O3. The van der Waals surface area contributed by atoms with Crippen molar-refractivity contribution in [3.63, 3.8) is 0 Å². The lowest BCUT2D eigenvalue weighted by molar-refractivity contribution is -0.139. The molecule has 0 aliphatic carbocycles. The Balaban J connectivity index is 2.86. The minimum Gasteiger partial charge on any atom is -0.505 e. The lowest BCUT2D eigenvalue weighted by Gasteiger charge is -1.97. The molecule has 0 saturated carbocycles. The Hall–Kier alpha value is -2.09. The molecular weight excluding hydrogens is 218 g/mol. The zero-order chi connectivity index (χ0) is 12.1. The molecule has 84 valence electrons. The van der Waals surface area contributed by atoms with Gasteiger partial charge in [-0.1, -0.05) is 11.8 Å². The predicted molar refractivity (Wildman–Crippen MR) is 51.5 cm³/mol. The second kappa shape index (κ2) is 5.12. The summed E-state index contributed by atoms with van der Waals surface area (Å²) in [6, 6.07) is 1.81. The summed E-state index contributed by atoms with van der Waals surface area (Å²) in [7, 11) is 1.22. The van der Waals surface area contributed by atoms with Gasteiger partial charge in [0.25, 0.3) is 0 Å². The Labute approximate surface area is 90.7 Å². The highest BCUT2D eigenvalue weighted by Crippen LogP contribution is 2.19. The van der Waals surface area contributed by atoms with Gasteiger partial charge in [0, 0.05) is 5.56 Å². The number of carbonyl (C=O) groups is 1. The van der Waals surface area contributed by atoms with Crippen LogP contribution >= 0.6 is 0 Å². The molecule has 5 heteroatoms. The van der Waals surface area contributed by atoms with Gasteiger partial charge < -0.3 is 9.84 Å². The lowest BCUT2D eigenvalue weighted by atomic mass is 10.2. The first kappa shape index (κ1) is 12.0. The first-order valence-corrected chi connectivity index (χ1v) is 4.28. The van der Waals surface area contributed by atoms with Crippen LogP contribution in [0.3, 0.4) is 0 Å². The van der Waals surface area contributed by atoms with Crippen LogP contribution in [0.25, 0.3) is 0 Å². The normalized spacial score (nSPS) is 9.19. The Kier molecular flexibility index (Phi) is 3.84. The van der Waals surface area contributed by atoms with E-state index in [-0.39, 0.29) is 12.0 Å². The van der Waals surface area contributed by atoms with Crippen LogP contribution in [0.5, 0.6) is 5.75 Å². The van der Waals surface area contributed by atoms with Gasteiger partial charge in [-0.15, -0.1) is 0 Å². The third-order valence-electron chi connectivity index (χ3n) is 1.70. The minimum absolute atomic E-state index is 0.0836. The van der Waals surface area contributed by atoms with Crippen molar-refractivity contribution in [2.75, 3.05) is 7.11 Å². The Bertz CT molecular complexity index is 449. The van der Waals surface area contributed by atoms with E-state index in [4.69, 9.17) is 5.11 Å². The van der Waals surface area contributed by atoms with E-state index in [0.29, 0.717) is 0 Å². The molecule has 1 aromatic rings. The first-order valence-electron chi connectivity index (χ1n) is 4.28. The van der Waals surface area contributed by atoms with E-state index in [9.17, 15) is 13.6 Å². The molecule has 0 aromatic heterocycles. The van der Waals surface area contributed by atoms with Crippen LogP contribution in [0.1, 0.15) is 12.0 Å². The largest absolute Gasteiger partial charge is 0.505 e. The predicted octanol–water partition coefficient (Wildman–Crippen LogP) is 1.58. The summed E-state index contributed by atoms with van der Waals surface area (Å²) in [5, 5.41) is 8.96. The Morgan fingerprint density at radius 2 is 2.19 bits per heavy atom. The van der Waals surface area contributed by atoms with Crippen LogP contribution in [-0.2, 0) is 9.53 Å². The fourth-order valence-corrected chi connectivity index (χ4v) is 0.937. The quantitative estimate of drug-likeness (QED) is 0.584. The van der Waals surface area contributed by atoms with Crippen molar-refractivity contribution in [3.8, 4) is 17.6 Å². The number of phenolic OH excluding ortho intramolecular Hbond substituents is 1.